The van der Waals surface area contributed by atoms with Crippen molar-refractivity contribution < 1.29 is 9.53 Å². The van der Waals surface area contributed by atoms with Gasteiger partial charge in [0.1, 0.15) is 0 Å². The number of carbonyl (C=O) groups is 1. The van der Waals surface area contributed by atoms with Crippen LogP contribution in [-0.2, 0) is 9.53 Å². The highest BCUT2D eigenvalue weighted by molar-refractivity contribution is 8.00. The Hall–Kier alpha value is -2.13. The lowest BCUT2D eigenvalue weighted by Crippen LogP contribution is -2.36. The fourth-order valence-electron chi connectivity index (χ4n) is 2.84. The van der Waals surface area contributed by atoms with Crippen molar-refractivity contribution in [3.05, 3.63) is 24.3 Å². The van der Waals surface area contributed by atoms with E-state index in [-0.39, 0.29) is 11.2 Å². The van der Waals surface area contributed by atoms with Crippen molar-refractivity contribution in [3.8, 4) is 0 Å². The van der Waals surface area contributed by atoms with Crippen LogP contribution in [0.15, 0.2) is 29.4 Å². The Morgan fingerprint density at radius 3 is 2.69 bits per heavy atom. The molecule has 0 unspecified atom stereocenters. The van der Waals surface area contributed by atoms with Crippen molar-refractivity contribution in [2.24, 2.45) is 0 Å². The molecule has 8 nitrogen and oxygen atoms in total. The number of rotatable bonds is 6. The first-order valence-corrected chi connectivity index (χ1v) is 9.77. The lowest BCUT2D eigenvalue weighted by atomic mass is 10.2. The van der Waals surface area contributed by atoms with E-state index in [4.69, 9.17) is 4.74 Å². The standard InChI is InChI=1S/C17H22N6O2S/c1-12(26-17-19-20-21-23(17)15-6-7-15)16(24)18-13-2-4-14(5-3-13)22-8-10-25-11-9-22/h2-5,12,15H,6-11H2,1H3,(H,18,24)/t12-/m0/s1. The quantitative estimate of drug-likeness (QED) is 0.774. The highest BCUT2D eigenvalue weighted by Gasteiger charge is 2.29. The lowest BCUT2D eigenvalue weighted by molar-refractivity contribution is -0.115. The number of carbonyl (C=O) groups excluding carboxylic acids is 1. The SMILES string of the molecule is C[C@H](Sc1nnnn1C1CC1)C(=O)Nc1ccc(N2CCOCC2)cc1. The number of tetrazole rings is 1. The third-order valence-electron chi connectivity index (χ3n) is 4.52. The first-order chi connectivity index (χ1) is 12.7. The minimum Gasteiger partial charge on any atom is -0.378 e. The summed E-state index contributed by atoms with van der Waals surface area (Å²) in [6, 6.07) is 8.34. The molecule has 0 bridgehead atoms. The van der Waals surface area contributed by atoms with Crippen molar-refractivity contribution in [2.45, 2.75) is 36.2 Å². The fraction of sp³-hybridized carbons (Fsp3) is 0.529. The number of anilines is 2. The largest absolute Gasteiger partial charge is 0.378 e. The van der Waals surface area contributed by atoms with Gasteiger partial charge in [0.05, 0.1) is 24.5 Å². The van der Waals surface area contributed by atoms with Crippen LogP contribution < -0.4 is 10.2 Å². The first-order valence-electron chi connectivity index (χ1n) is 8.89. The number of aromatic nitrogens is 4. The van der Waals surface area contributed by atoms with Gasteiger partial charge in [-0.15, -0.1) is 5.10 Å². The van der Waals surface area contributed by atoms with Gasteiger partial charge in [0.25, 0.3) is 0 Å². The number of thioether (sulfide) groups is 1. The molecular formula is C17H22N6O2S. The monoisotopic (exact) mass is 374 g/mol. The van der Waals surface area contributed by atoms with Crippen LogP contribution in [0.2, 0.25) is 0 Å². The smallest absolute Gasteiger partial charge is 0.237 e. The lowest BCUT2D eigenvalue weighted by Gasteiger charge is -2.28. The molecule has 1 aromatic heterocycles. The van der Waals surface area contributed by atoms with Crippen LogP contribution in [-0.4, -0.2) is 57.7 Å². The molecule has 1 aliphatic heterocycles. The molecule has 1 N–H and O–H groups in total. The molecule has 138 valence electrons. The van der Waals surface area contributed by atoms with E-state index >= 15 is 0 Å². The van der Waals surface area contributed by atoms with Crippen molar-refractivity contribution in [1.29, 1.82) is 0 Å². The number of ether oxygens (including phenoxy) is 1. The fourth-order valence-corrected chi connectivity index (χ4v) is 3.70. The number of benzene rings is 1. The minimum atomic E-state index is -0.280. The van der Waals surface area contributed by atoms with Crippen LogP contribution in [0.3, 0.4) is 0 Å². The van der Waals surface area contributed by atoms with Crippen LogP contribution in [0.4, 0.5) is 11.4 Å². The molecule has 0 radical (unpaired) electrons. The second kappa shape index (κ2) is 7.63. The van der Waals surface area contributed by atoms with E-state index in [1.165, 1.54) is 11.8 Å². The molecular weight excluding hydrogens is 352 g/mol. The molecule has 0 spiro atoms. The first kappa shape index (κ1) is 17.3. The van der Waals surface area contributed by atoms with E-state index in [9.17, 15) is 4.79 Å². The predicted octanol–water partition coefficient (Wildman–Crippen LogP) is 1.96. The van der Waals surface area contributed by atoms with E-state index in [2.05, 4.69) is 25.7 Å². The Kier molecular flexibility index (Phi) is 5.07. The zero-order chi connectivity index (χ0) is 17.9. The average Bonchev–Trinajstić information content (AvgIpc) is 3.42. The van der Waals surface area contributed by atoms with Crippen molar-refractivity contribution in [3.63, 3.8) is 0 Å². The van der Waals surface area contributed by atoms with Crippen molar-refractivity contribution in [1.82, 2.24) is 20.2 Å². The molecule has 9 heteroatoms. The third kappa shape index (κ3) is 3.99. The van der Waals surface area contributed by atoms with Gasteiger partial charge >= 0.3 is 0 Å². The third-order valence-corrected chi connectivity index (χ3v) is 5.57. The Morgan fingerprint density at radius 2 is 2.00 bits per heavy atom. The number of amides is 1. The van der Waals surface area contributed by atoms with Crippen LogP contribution in [0.25, 0.3) is 0 Å². The Labute approximate surface area is 156 Å². The molecule has 1 aliphatic carbocycles. The summed E-state index contributed by atoms with van der Waals surface area (Å²) in [4.78, 5) is 14.8. The summed E-state index contributed by atoms with van der Waals surface area (Å²) in [6.07, 6.45) is 2.21. The molecule has 1 saturated carbocycles. The molecule has 4 rings (SSSR count). The summed E-state index contributed by atoms with van der Waals surface area (Å²) in [6.45, 7) is 5.18. The highest BCUT2D eigenvalue weighted by atomic mass is 32.2. The van der Waals surface area contributed by atoms with Crippen molar-refractivity contribution >= 4 is 29.0 Å². The van der Waals surface area contributed by atoms with Crippen LogP contribution in [0, 0.1) is 0 Å². The number of nitrogens with zero attached hydrogens (tertiary/aromatic N) is 5. The van der Waals surface area contributed by atoms with Gasteiger partial charge < -0.3 is 15.0 Å². The number of hydrogen-bond acceptors (Lipinski definition) is 7. The molecule has 1 amide bonds. The average molecular weight is 374 g/mol. The topological polar surface area (TPSA) is 85.2 Å². The van der Waals surface area contributed by atoms with Gasteiger partial charge in [-0.3, -0.25) is 4.79 Å². The Morgan fingerprint density at radius 1 is 1.27 bits per heavy atom. The van der Waals surface area contributed by atoms with E-state index in [1.54, 1.807) is 0 Å². The summed E-state index contributed by atoms with van der Waals surface area (Å²) in [5.41, 5.74) is 1.94. The number of nitrogens with one attached hydrogen (secondary N) is 1. The molecule has 2 heterocycles. The summed E-state index contributed by atoms with van der Waals surface area (Å²) in [7, 11) is 0. The summed E-state index contributed by atoms with van der Waals surface area (Å²) in [5, 5.41) is 15.2. The zero-order valence-electron chi connectivity index (χ0n) is 14.7. The van der Waals surface area contributed by atoms with Gasteiger partial charge in [-0.1, -0.05) is 11.8 Å². The summed E-state index contributed by atoms with van der Waals surface area (Å²) in [5.74, 6) is -0.0560. The number of morpholine rings is 1. The van der Waals surface area contributed by atoms with Gasteiger partial charge in [-0.05, 0) is 54.5 Å². The van der Waals surface area contributed by atoms with E-state index in [0.29, 0.717) is 11.2 Å². The van der Waals surface area contributed by atoms with E-state index in [1.807, 2.05) is 35.9 Å². The molecule has 1 aromatic carbocycles. The van der Waals surface area contributed by atoms with Gasteiger partial charge in [0, 0.05) is 24.5 Å². The summed E-state index contributed by atoms with van der Waals surface area (Å²) >= 11 is 1.39. The van der Waals surface area contributed by atoms with Gasteiger partial charge in [0.2, 0.25) is 11.1 Å². The highest BCUT2D eigenvalue weighted by Crippen LogP contribution is 2.37. The molecule has 2 fully saturated rings. The van der Waals surface area contributed by atoms with Crippen LogP contribution in [0.5, 0.6) is 0 Å². The molecule has 2 aromatic rings. The van der Waals surface area contributed by atoms with Crippen molar-refractivity contribution in [2.75, 3.05) is 36.5 Å². The normalized spacial score (nSPS) is 18.6. The molecule has 2 aliphatic rings. The van der Waals surface area contributed by atoms with Gasteiger partial charge in [-0.2, -0.15) is 0 Å². The Balaban J connectivity index is 1.34. The van der Waals surface area contributed by atoms with Crippen LogP contribution in [0.1, 0.15) is 25.8 Å². The maximum Gasteiger partial charge on any atom is 0.237 e. The second-order valence-corrected chi connectivity index (χ2v) is 7.84. The van der Waals surface area contributed by atoms with E-state index < -0.39 is 0 Å². The van der Waals surface area contributed by atoms with E-state index in [0.717, 1.165) is 50.5 Å². The van der Waals surface area contributed by atoms with Crippen LogP contribution >= 0.6 is 11.8 Å². The van der Waals surface area contributed by atoms with Gasteiger partial charge in [-0.25, -0.2) is 4.68 Å². The summed E-state index contributed by atoms with van der Waals surface area (Å²) < 4.78 is 7.20. The molecule has 1 atom stereocenters. The molecule has 26 heavy (non-hydrogen) atoms. The molecule has 1 saturated heterocycles. The Bertz CT molecular complexity index is 755. The number of hydrogen-bond donors (Lipinski definition) is 1. The maximum absolute atomic E-state index is 12.5. The second-order valence-electron chi connectivity index (χ2n) is 6.53. The zero-order valence-corrected chi connectivity index (χ0v) is 15.5. The maximum atomic E-state index is 12.5. The predicted molar refractivity (Wildman–Crippen MR) is 99.5 cm³/mol. The minimum absolute atomic E-state index is 0.0560. The van der Waals surface area contributed by atoms with Gasteiger partial charge in [0.15, 0.2) is 0 Å².